The van der Waals surface area contributed by atoms with Crippen molar-refractivity contribution in [2.75, 3.05) is 0 Å². The summed E-state index contributed by atoms with van der Waals surface area (Å²) < 4.78 is 10.7. The molecule has 0 spiro atoms. The van der Waals surface area contributed by atoms with Crippen LogP contribution in [0.4, 0.5) is 0 Å². The Hall–Kier alpha value is -1.58. The molecule has 98 valence electrons. The Balaban J connectivity index is 2.33. The molecule has 0 amide bonds. The number of rotatable bonds is 1. The lowest BCUT2D eigenvalue weighted by Gasteiger charge is -2.12. The molecule has 0 fully saturated rings. The zero-order valence-electron chi connectivity index (χ0n) is 11.9. The van der Waals surface area contributed by atoms with Gasteiger partial charge in [0.25, 0.3) is 0 Å². The van der Waals surface area contributed by atoms with Crippen molar-refractivity contribution < 1.29 is 9.05 Å². The standard InChI is InChI=1S/C14H20N2O2/c1-13(2,3)11-7-9(15-17-11)10-8-12(18-16-10)14(4,5)6/h7-8H,1-6H3. The summed E-state index contributed by atoms with van der Waals surface area (Å²) in [5.41, 5.74) is 1.34. The van der Waals surface area contributed by atoms with Crippen molar-refractivity contribution in [3.8, 4) is 11.4 Å². The van der Waals surface area contributed by atoms with E-state index in [1.165, 1.54) is 0 Å². The Bertz CT molecular complexity index is 488. The largest absolute Gasteiger partial charge is 0.360 e. The molecule has 0 bridgehead atoms. The molecule has 0 saturated carbocycles. The van der Waals surface area contributed by atoms with Gasteiger partial charge in [-0.1, -0.05) is 51.9 Å². The fraction of sp³-hybridized carbons (Fsp3) is 0.571. The van der Waals surface area contributed by atoms with E-state index < -0.39 is 0 Å². The van der Waals surface area contributed by atoms with Gasteiger partial charge in [-0.25, -0.2) is 0 Å². The highest BCUT2D eigenvalue weighted by Gasteiger charge is 2.24. The molecular formula is C14H20N2O2. The molecule has 0 saturated heterocycles. The van der Waals surface area contributed by atoms with E-state index in [2.05, 4.69) is 51.9 Å². The van der Waals surface area contributed by atoms with Gasteiger partial charge in [0.1, 0.15) is 22.9 Å². The van der Waals surface area contributed by atoms with Crippen molar-refractivity contribution in [2.45, 2.75) is 52.4 Å². The third-order valence-corrected chi connectivity index (χ3v) is 2.76. The van der Waals surface area contributed by atoms with Crippen molar-refractivity contribution in [3.05, 3.63) is 23.7 Å². The van der Waals surface area contributed by atoms with Gasteiger partial charge >= 0.3 is 0 Å². The Labute approximate surface area is 107 Å². The van der Waals surface area contributed by atoms with Crippen LogP contribution in [0.2, 0.25) is 0 Å². The lowest BCUT2D eigenvalue weighted by Crippen LogP contribution is -2.09. The van der Waals surface area contributed by atoms with Crippen LogP contribution in [0.25, 0.3) is 11.4 Å². The average molecular weight is 248 g/mol. The first-order valence-corrected chi connectivity index (χ1v) is 6.13. The molecule has 18 heavy (non-hydrogen) atoms. The van der Waals surface area contributed by atoms with Crippen LogP contribution in [0, 0.1) is 0 Å². The zero-order valence-corrected chi connectivity index (χ0v) is 11.9. The maximum absolute atomic E-state index is 5.35. The van der Waals surface area contributed by atoms with Crippen molar-refractivity contribution >= 4 is 0 Å². The SMILES string of the molecule is CC(C)(C)c1cc(-c2cc(C(C)(C)C)on2)no1. The molecule has 0 aromatic carbocycles. The summed E-state index contributed by atoms with van der Waals surface area (Å²) in [6.07, 6.45) is 0. The maximum atomic E-state index is 5.35. The molecule has 0 aliphatic heterocycles. The fourth-order valence-corrected chi connectivity index (χ4v) is 1.50. The predicted molar refractivity (Wildman–Crippen MR) is 69.4 cm³/mol. The van der Waals surface area contributed by atoms with Gasteiger partial charge in [0, 0.05) is 23.0 Å². The van der Waals surface area contributed by atoms with E-state index in [-0.39, 0.29) is 10.8 Å². The monoisotopic (exact) mass is 248 g/mol. The Morgan fingerprint density at radius 1 is 0.722 bits per heavy atom. The minimum atomic E-state index is -0.0537. The molecule has 0 atom stereocenters. The maximum Gasteiger partial charge on any atom is 0.142 e. The summed E-state index contributed by atoms with van der Waals surface area (Å²) in [6.45, 7) is 12.5. The molecule has 4 heteroatoms. The van der Waals surface area contributed by atoms with Crippen LogP contribution in [0.15, 0.2) is 21.2 Å². The first-order chi connectivity index (χ1) is 8.18. The second kappa shape index (κ2) is 3.97. The topological polar surface area (TPSA) is 52.1 Å². The van der Waals surface area contributed by atoms with E-state index in [1.807, 2.05) is 12.1 Å². The van der Waals surface area contributed by atoms with Gasteiger partial charge in [-0.05, 0) is 0 Å². The Kier molecular flexibility index (Phi) is 2.84. The number of hydrogen-bond acceptors (Lipinski definition) is 4. The van der Waals surface area contributed by atoms with E-state index in [1.54, 1.807) is 0 Å². The van der Waals surface area contributed by atoms with E-state index >= 15 is 0 Å². The van der Waals surface area contributed by atoms with Crippen molar-refractivity contribution in [1.82, 2.24) is 10.3 Å². The summed E-state index contributed by atoms with van der Waals surface area (Å²) in [5, 5.41) is 8.10. The van der Waals surface area contributed by atoms with Gasteiger partial charge in [-0.2, -0.15) is 0 Å². The van der Waals surface area contributed by atoms with Crippen LogP contribution in [-0.4, -0.2) is 10.3 Å². The van der Waals surface area contributed by atoms with Gasteiger partial charge in [0.2, 0.25) is 0 Å². The highest BCUT2D eigenvalue weighted by molar-refractivity contribution is 5.54. The number of nitrogens with zero attached hydrogens (tertiary/aromatic N) is 2. The molecule has 0 aliphatic rings. The van der Waals surface area contributed by atoms with Crippen LogP contribution in [0.1, 0.15) is 53.1 Å². The molecule has 0 radical (unpaired) electrons. The molecule has 0 aliphatic carbocycles. The molecule has 2 heterocycles. The smallest absolute Gasteiger partial charge is 0.142 e. The Morgan fingerprint density at radius 3 is 1.28 bits per heavy atom. The first-order valence-electron chi connectivity index (χ1n) is 6.13. The molecule has 2 aromatic heterocycles. The van der Waals surface area contributed by atoms with Crippen LogP contribution in [0.3, 0.4) is 0 Å². The summed E-state index contributed by atoms with van der Waals surface area (Å²) in [6, 6.07) is 3.84. The van der Waals surface area contributed by atoms with E-state index in [0.717, 1.165) is 22.9 Å². The average Bonchev–Trinajstić information content (AvgIpc) is 2.84. The van der Waals surface area contributed by atoms with Gasteiger partial charge in [0.05, 0.1) is 0 Å². The van der Waals surface area contributed by atoms with Crippen LogP contribution in [0.5, 0.6) is 0 Å². The number of aromatic nitrogens is 2. The summed E-state index contributed by atoms with van der Waals surface area (Å²) in [7, 11) is 0. The highest BCUT2D eigenvalue weighted by Crippen LogP contribution is 2.29. The Morgan fingerprint density at radius 2 is 1.06 bits per heavy atom. The summed E-state index contributed by atoms with van der Waals surface area (Å²) >= 11 is 0. The minimum Gasteiger partial charge on any atom is -0.360 e. The molecule has 2 rings (SSSR count). The van der Waals surface area contributed by atoms with Crippen molar-refractivity contribution in [1.29, 1.82) is 0 Å². The van der Waals surface area contributed by atoms with E-state index in [9.17, 15) is 0 Å². The van der Waals surface area contributed by atoms with Gasteiger partial charge in [0.15, 0.2) is 0 Å². The third kappa shape index (κ3) is 2.47. The zero-order chi connectivity index (χ0) is 13.6. The van der Waals surface area contributed by atoms with Crippen LogP contribution in [-0.2, 0) is 10.8 Å². The second-order valence-electron chi connectivity index (χ2n) is 6.65. The lowest BCUT2D eigenvalue weighted by atomic mass is 9.92. The third-order valence-electron chi connectivity index (χ3n) is 2.76. The first kappa shape index (κ1) is 12.9. The van der Waals surface area contributed by atoms with Crippen LogP contribution < -0.4 is 0 Å². The summed E-state index contributed by atoms with van der Waals surface area (Å²) in [4.78, 5) is 0. The van der Waals surface area contributed by atoms with Gasteiger partial charge in [-0.15, -0.1) is 0 Å². The quantitative estimate of drug-likeness (QED) is 0.767. The van der Waals surface area contributed by atoms with Crippen molar-refractivity contribution in [2.24, 2.45) is 0 Å². The highest BCUT2D eigenvalue weighted by atomic mass is 16.5. The van der Waals surface area contributed by atoms with Gasteiger partial charge in [-0.3, -0.25) is 0 Å². The minimum absolute atomic E-state index is 0.0537. The molecule has 4 nitrogen and oxygen atoms in total. The van der Waals surface area contributed by atoms with E-state index in [4.69, 9.17) is 9.05 Å². The predicted octanol–water partition coefficient (Wildman–Crippen LogP) is 3.92. The van der Waals surface area contributed by atoms with Crippen molar-refractivity contribution in [3.63, 3.8) is 0 Å². The van der Waals surface area contributed by atoms with E-state index in [0.29, 0.717) is 0 Å². The number of hydrogen-bond donors (Lipinski definition) is 0. The molecule has 0 unspecified atom stereocenters. The second-order valence-corrected chi connectivity index (χ2v) is 6.65. The van der Waals surface area contributed by atoms with Gasteiger partial charge < -0.3 is 9.05 Å². The summed E-state index contributed by atoms with van der Waals surface area (Å²) in [5.74, 6) is 1.69. The fourth-order valence-electron chi connectivity index (χ4n) is 1.50. The molecule has 0 N–H and O–H groups in total. The molecule has 2 aromatic rings. The lowest BCUT2D eigenvalue weighted by molar-refractivity contribution is 0.326. The normalized spacial score (nSPS) is 13.0. The van der Waals surface area contributed by atoms with Crippen LogP contribution >= 0.6 is 0 Å². The molecular weight excluding hydrogens is 228 g/mol.